The van der Waals surface area contributed by atoms with Gasteiger partial charge in [-0.1, -0.05) is 139 Å². The first-order chi connectivity index (χ1) is 23.7. The van der Waals surface area contributed by atoms with Crippen molar-refractivity contribution in [2.45, 2.75) is 206 Å². The summed E-state index contributed by atoms with van der Waals surface area (Å²) in [6.07, 6.45) is 34.0. The van der Waals surface area contributed by atoms with Crippen LogP contribution in [0.5, 0.6) is 0 Å². The molecule has 50 heavy (non-hydrogen) atoms. The standard InChI is InChI=1S/C48H86OS/c1-31-26-38-37(33-20-14-11-15-21-33)28-35(47(3,4)5)29-40(38)45(31)50(10,36-24-18-13-19-25-36)46-32(2)27-39-41(46)30-42(48(6,7)8)44(49-9)43(39)34-22-16-12-17-23-34/h31-46H,11-30H2,1-10H3/t31-,32-,35+,37+,38-,39+,40?,41?,42-,43+,44?,45?,46?/m0/s1. The molecule has 0 bridgehead atoms. The van der Waals surface area contributed by atoms with E-state index in [9.17, 15) is 0 Å². The maximum atomic E-state index is 6.78. The van der Waals surface area contributed by atoms with Gasteiger partial charge in [0.2, 0.25) is 0 Å². The van der Waals surface area contributed by atoms with Gasteiger partial charge < -0.3 is 4.74 Å². The van der Waals surface area contributed by atoms with E-state index >= 15 is 0 Å². The molecule has 2 heteroatoms. The van der Waals surface area contributed by atoms with E-state index in [1.807, 2.05) is 0 Å². The maximum Gasteiger partial charge on any atom is 0.0638 e. The summed E-state index contributed by atoms with van der Waals surface area (Å²) in [7, 11) is 1.27. The Morgan fingerprint density at radius 1 is 0.500 bits per heavy atom. The van der Waals surface area contributed by atoms with Crippen molar-refractivity contribution in [3.8, 4) is 0 Å². The van der Waals surface area contributed by atoms with Crippen molar-refractivity contribution < 1.29 is 4.74 Å². The fourth-order valence-electron chi connectivity index (χ4n) is 16.3. The Morgan fingerprint density at radius 3 is 1.50 bits per heavy atom. The van der Waals surface area contributed by atoms with E-state index in [0.29, 0.717) is 22.9 Å². The predicted molar refractivity (Wildman–Crippen MR) is 220 cm³/mol. The average molecular weight is 711 g/mol. The molecule has 14 atom stereocenters. The molecule has 0 saturated heterocycles. The molecule has 0 aliphatic heterocycles. The molecule has 0 aromatic heterocycles. The SMILES string of the molecule is COC1[C@H](C2CCCCC2)[C@@H]2C[C@H](C)C(S(C)(C3CCCCC3)C3C4C[C@H](C(C)(C)C)C[C@H](C5CCCCC5)[C@@H]4C[C@@H]3C)C2C[C@@H]1C(C)(C)C. The van der Waals surface area contributed by atoms with Crippen molar-refractivity contribution in [3.05, 3.63) is 0 Å². The molecule has 1 nitrogen and oxygen atoms in total. The first kappa shape index (κ1) is 38.6. The van der Waals surface area contributed by atoms with Gasteiger partial charge in [-0.2, -0.15) is 0 Å². The lowest BCUT2D eigenvalue weighted by atomic mass is 9.56. The highest BCUT2D eigenvalue weighted by Crippen LogP contribution is 2.77. The van der Waals surface area contributed by atoms with Crippen molar-refractivity contribution in [1.29, 1.82) is 0 Å². The van der Waals surface area contributed by atoms with Crippen molar-refractivity contribution >= 4 is 10.0 Å². The highest BCUT2D eigenvalue weighted by atomic mass is 32.3. The Morgan fingerprint density at radius 2 is 0.980 bits per heavy atom. The van der Waals surface area contributed by atoms with Crippen LogP contribution in [-0.2, 0) is 4.74 Å². The molecule has 0 N–H and O–H groups in total. The first-order valence-corrected chi connectivity index (χ1v) is 25.3. The van der Waals surface area contributed by atoms with E-state index in [-0.39, 0.29) is 0 Å². The molecule has 0 aromatic carbocycles. The van der Waals surface area contributed by atoms with Gasteiger partial charge in [-0.05, 0) is 149 Å². The van der Waals surface area contributed by atoms with Crippen LogP contribution in [0.4, 0.5) is 0 Å². The fraction of sp³-hybridized carbons (Fsp3) is 1.00. The summed E-state index contributed by atoms with van der Waals surface area (Å²) in [5.74, 6) is 11.1. The van der Waals surface area contributed by atoms with Gasteiger partial charge in [0.1, 0.15) is 0 Å². The Kier molecular flexibility index (Phi) is 11.6. The normalized spacial score (nSPS) is 46.2. The zero-order valence-electron chi connectivity index (χ0n) is 35.2. The summed E-state index contributed by atoms with van der Waals surface area (Å²) < 4.78 is 6.78. The topological polar surface area (TPSA) is 9.23 Å². The van der Waals surface area contributed by atoms with Gasteiger partial charge >= 0.3 is 0 Å². The van der Waals surface area contributed by atoms with Gasteiger partial charge in [-0.15, -0.1) is 0 Å². The summed E-state index contributed by atoms with van der Waals surface area (Å²) >= 11 is 0. The van der Waals surface area contributed by atoms with E-state index in [0.717, 1.165) is 80.8 Å². The zero-order chi connectivity index (χ0) is 35.6. The van der Waals surface area contributed by atoms with Crippen LogP contribution in [0.15, 0.2) is 0 Å². The average Bonchev–Trinajstić information content (AvgIpc) is 3.62. The third kappa shape index (κ3) is 7.00. The highest BCUT2D eigenvalue weighted by Gasteiger charge is 2.64. The second kappa shape index (κ2) is 15.1. The predicted octanol–water partition coefficient (Wildman–Crippen LogP) is 14.0. The number of rotatable bonds is 6. The summed E-state index contributed by atoms with van der Waals surface area (Å²) in [5.41, 5.74) is 0.760. The lowest BCUT2D eigenvalue weighted by Crippen LogP contribution is -2.54. The van der Waals surface area contributed by atoms with Gasteiger partial charge in [0, 0.05) is 7.11 Å². The summed E-state index contributed by atoms with van der Waals surface area (Å²) in [6.45, 7) is 21.3. The smallest absolute Gasteiger partial charge is 0.0638 e. The maximum absolute atomic E-state index is 6.78. The van der Waals surface area contributed by atoms with Crippen LogP contribution in [0.1, 0.15) is 184 Å². The molecule has 0 aromatic rings. The molecule has 0 radical (unpaired) electrons. The lowest BCUT2D eigenvalue weighted by molar-refractivity contribution is -0.116. The third-order valence-corrected chi connectivity index (χ3v) is 24.2. The first-order valence-electron chi connectivity index (χ1n) is 23.0. The second-order valence-electron chi connectivity index (χ2n) is 22.9. The van der Waals surface area contributed by atoms with Crippen molar-refractivity contribution in [2.24, 2.45) is 81.8 Å². The quantitative estimate of drug-likeness (QED) is 0.267. The summed E-state index contributed by atoms with van der Waals surface area (Å²) in [5, 5.41) is 3.02. The molecular formula is C48H86OS. The Balaban J connectivity index is 1.31. The van der Waals surface area contributed by atoms with Crippen LogP contribution in [0, 0.1) is 81.8 Å². The molecule has 7 saturated carbocycles. The van der Waals surface area contributed by atoms with Crippen molar-refractivity contribution in [2.75, 3.05) is 13.4 Å². The van der Waals surface area contributed by atoms with Crippen LogP contribution in [-0.4, -0.2) is 35.2 Å². The largest absolute Gasteiger partial charge is 0.381 e. The van der Waals surface area contributed by atoms with Crippen molar-refractivity contribution in [1.82, 2.24) is 0 Å². The van der Waals surface area contributed by atoms with Crippen LogP contribution >= 0.6 is 10.0 Å². The number of fused-ring (bicyclic) bond motifs is 2. The van der Waals surface area contributed by atoms with E-state index < -0.39 is 10.0 Å². The van der Waals surface area contributed by atoms with Crippen LogP contribution in [0.3, 0.4) is 0 Å². The minimum atomic E-state index is -0.848. The monoisotopic (exact) mass is 711 g/mol. The van der Waals surface area contributed by atoms with Crippen LogP contribution < -0.4 is 0 Å². The number of ether oxygens (including phenoxy) is 1. The molecule has 6 unspecified atom stereocenters. The number of hydrogen-bond acceptors (Lipinski definition) is 1. The molecule has 290 valence electrons. The Bertz CT molecular complexity index is 1100. The van der Waals surface area contributed by atoms with Gasteiger partial charge in [0.05, 0.1) is 6.10 Å². The zero-order valence-corrected chi connectivity index (χ0v) is 36.0. The molecule has 0 amide bonds. The summed E-state index contributed by atoms with van der Waals surface area (Å²) in [6, 6.07) is 0. The molecular weight excluding hydrogens is 625 g/mol. The fourth-order valence-corrected chi connectivity index (χ4v) is 23.3. The molecule has 7 fully saturated rings. The second-order valence-corrected chi connectivity index (χ2v) is 26.9. The van der Waals surface area contributed by atoms with Crippen LogP contribution in [0.25, 0.3) is 0 Å². The number of hydrogen-bond donors (Lipinski definition) is 0. The molecule has 0 heterocycles. The lowest BCUT2D eigenvalue weighted by Gasteiger charge is -2.62. The minimum Gasteiger partial charge on any atom is -0.381 e. The van der Waals surface area contributed by atoms with E-state index in [2.05, 4.69) is 68.8 Å². The summed E-state index contributed by atoms with van der Waals surface area (Å²) in [4.78, 5) is 0. The molecule has 7 rings (SSSR count). The Labute approximate surface area is 314 Å². The van der Waals surface area contributed by atoms with Gasteiger partial charge in [-0.25, -0.2) is 10.0 Å². The van der Waals surface area contributed by atoms with Gasteiger partial charge in [0.25, 0.3) is 0 Å². The molecule has 7 aliphatic rings. The van der Waals surface area contributed by atoms with Gasteiger partial charge in [-0.3, -0.25) is 0 Å². The van der Waals surface area contributed by atoms with Crippen molar-refractivity contribution in [3.63, 3.8) is 0 Å². The highest BCUT2D eigenvalue weighted by molar-refractivity contribution is 8.34. The van der Waals surface area contributed by atoms with Crippen LogP contribution in [0.2, 0.25) is 0 Å². The molecule has 0 spiro atoms. The van der Waals surface area contributed by atoms with E-state index in [4.69, 9.17) is 4.74 Å². The number of methoxy groups -OCH3 is 1. The van der Waals surface area contributed by atoms with E-state index in [1.165, 1.54) is 83.5 Å². The van der Waals surface area contributed by atoms with E-state index in [1.54, 1.807) is 44.9 Å². The molecule has 7 aliphatic carbocycles. The third-order valence-electron chi connectivity index (χ3n) is 18.3. The minimum absolute atomic E-state index is 0.313. The Hall–Kier alpha value is 0.310. The van der Waals surface area contributed by atoms with Gasteiger partial charge in [0.15, 0.2) is 0 Å².